The quantitative estimate of drug-likeness (QED) is 0.547. The fourth-order valence-corrected chi connectivity index (χ4v) is 0.429. The Balaban J connectivity index is 0.000000218. The summed E-state index contributed by atoms with van der Waals surface area (Å²) in [5.74, 6) is 0.833. The number of hydrogen-bond donors (Lipinski definition) is 3. The van der Waals surface area contributed by atoms with Crippen molar-refractivity contribution in [3.63, 3.8) is 0 Å². The van der Waals surface area contributed by atoms with Gasteiger partial charge in [0.1, 0.15) is 5.76 Å². The molecule has 11 heavy (non-hydrogen) atoms. The molecule has 1 aromatic rings. The lowest BCUT2D eigenvalue weighted by Gasteiger charge is -1.80. The highest BCUT2D eigenvalue weighted by atomic mass is 16.3. The predicted molar refractivity (Wildman–Crippen MR) is 44.7 cm³/mol. The highest BCUT2D eigenvalue weighted by molar-refractivity contribution is 4.96. The normalized spacial score (nSPS) is 8.64. The van der Waals surface area contributed by atoms with Crippen molar-refractivity contribution >= 4 is 0 Å². The smallest absolute Gasteiger partial charge is 0.117 e. The standard InChI is InChI=1S/C5H7NO.C2H8N2/c6-4-5-2-1-3-7-5;3-1-2-4/h1-3H,4,6H2;1-4H2. The van der Waals surface area contributed by atoms with Gasteiger partial charge in [-0.1, -0.05) is 0 Å². The van der Waals surface area contributed by atoms with E-state index < -0.39 is 0 Å². The van der Waals surface area contributed by atoms with E-state index in [0.717, 1.165) is 5.76 Å². The van der Waals surface area contributed by atoms with Gasteiger partial charge in [-0.2, -0.15) is 0 Å². The van der Waals surface area contributed by atoms with E-state index >= 15 is 0 Å². The maximum Gasteiger partial charge on any atom is 0.117 e. The summed E-state index contributed by atoms with van der Waals surface area (Å²) in [5, 5.41) is 0. The highest BCUT2D eigenvalue weighted by Crippen LogP contribution is 1.95. The van der Waals surface area contributed by atoms with Crippen LogP contribution in [-0.4, -0.2) is 13.1 Å². The van der Waals surface area contributed by atoms with Crippen LogP contribution >= 0.6 is 0 Å². The van der Waals surface area contributed by atoms with Crippen LogP contribution in [0, 0.1) is 0 Å². The van der Waals surface area contributed by atoms with Crippen molar-refractivity contribution in [2.75, 3.05) is 13.1 Å². The monoisotopic (exact) mass is 157 g/mol. The van der Waals surface area contributed by atoms with Crippen molar-refractivity contribution in [2.24, 2.45) is 17.2 Å². The van der Waals surface area contributed by atoms with Crippen LogP contribution < -0.4 is 17.2 Å². The zero-order valence-corrected chi connectivity index (χ0v) is 6.49. The minimum absolute atomic E-state index is 0.493. The van der Waals surface area contributed by atoms with Gasteiger partial charge < -0.3 is 21.6 Å². The number of rotatable bonds is 2. The third-order valence-electron chi connectivity index (χ3n) is 0.948. The Bertz CT molecular complexity index is 149. The van der Waals surface area contributed by atoms with Crippen molar-refractivity contribution < 1.29 is 4.42 Å². The Morgan fingerprint density at radius 1 is 1.18 bits per heavy atom. The Morgan fingerprint density at radius 3 is 2.00 bits per heavy atom. The van der Waals surface area contributed by atoms with Crippen LogP contribution in [-0.2, 0) is 6.54 Å². The van der Waals surface area contributed by atoms with Gasteiger partial charge in [-0.05, 0) is 12.1 Å². The van der Waals surface area contributed by atoms with E-state index in [1.54, 1.807) is 6.26 Å². The first kappa shape index (κ1) is 10.2. The van der Waals surface area contributed by atoms with Crippen LogP contribution in [0.3, 0.4) is 0 Å². The molecule has 4 heteroatoms. The summed E-state index contributed by atoms with van der Waals surface area (Å²) in [5.41, 5.74) is 15.0. The van der Waals surface area contributed by atoms with Gasteiger partial charge in [0.05, 0.1) is 12.8 Å². The summed E-state index contributed by atoms with van der Waals surface area (Å²) in [7, 11) is 0. The van der Waals surface area contributed by atoms with Crippen molar-refractivity contribution in [1.29, 1.82) is 0 Å². The Morgan fingerprint density at radius 2 is 1.82 bits per heavy atom. The summed E-state index contributed by atoms with van der Waals surface area (Å²) in [6.45, 7) is 1.69. The molecule has 64 valence electrons. The topological polar surface area (TPSA) is 91.2 Å². The zero-order valence-electron chi connectivity index (χ0n) is 6.49. The van der Waals surface area contributed by atoms with E-state index in [9.17, 15) is 0 Å². The van der Waals surface area contributed by atoms with Crippen molar-refractivity contribution in [3.05, 3.63) is 24.2 Å². The molecule has 1 heterocycles. The van der Waals surface area contributed by atoms with Crippen LogP contribution in [0.25, 0.3) is 0 Å². The lowest BCUT2D eigenvalue weighted by molar-refractivity contribution is 0.512. The Labute approximate surface area is 66.3 Å². The van der Waals surface area contributed by atoms with Crippen LogP contribution in [0.15, 0.2) is 22.8 Å². The maximum atomic E-state index is 5.20. The molecular formula is C7H15N3O. The maximum absolute atomic E-state index is 5.20. The SMILES string of the molecule is NCCN.NCc1ccco1. The zero-order chi connectivity index (χ0) is 8.53. The summed E-state index contributed by atoms with van der Waals surface area (Å²) < 4.78 is 4.86. The first-order valence-electron chi connectivity index (χ1n) is 3.47. The van der Waals surface area contributed by atoms with Crippen LogP contribution in [0.1, 0.15) is 5.76 Å². The molecule has 0 atom stereocenters. The van der Waals surface area contributed by atoms with E-state index in [2.05, 4.69) is 0 Å². The second-order valence-electron chi connectivity index (χ2n) is 1.86. The van der Waals surface area contributed by atoms with E-state index in [-0.39, 0.29) is 0 Å². The van der Waals surface area contributed by atoms with Gasteiger partial charge in [0, 0.05) is 13.1 Å². The van der Waals surface area contributed by atoms with Gasteiger partial charge in [0.15, 0.2) is 0 Å². The summed E-state index contributed by atoms with van der Waals surface area (Å²) in [4.78, 5) is 0. The molecule has 0 saturated carbocycles. The molecule has 1 rings (SSSR count). The van der Waals surface area contributed by atoms with Gasteiger partial charge in [0.25, 0.3) is 0 Å². The largest absolute Gasteiger partial charge is 0.468 e. The average molecular weight is 157 g/mol. The Kier molecular flexibility index (Phi) is 6.71. The molecule has 0 saturated heterocycles. The molecule has 6 N–H and O–H groups in total. The van der Waals surface area contributed by atoms with Crippen LogP contribution in [0.5, 0.6) is 0 Å². The predicted octanol–water partition coefficient (Wildman–Crippen LogP) is -0.358. The van der Waals surface area contributed by atoms with E-state index in [4.69, 9.17) is 21.6 Å². The summed E-state index contributed by atoms with van der Waals surface area (Å²) in [6.07, 6.45) is 1.61. The van der Waals surface area contributed by atoms with Crippen LogP contribution in [0.4, 0.5) is 0 Å². The molecule has 0 aromatic carbocycles. The molecule has 0 amide bonds. The number of furan rings is 1. The second-order valence-corrected chi connectivity index (χ2v) is 1.86. The lowest BCUT2D eigenvalue weighted by Crippen LogP contribution is -2.11. The molecule has 0 aliphatic rings. The number of nitrogens with two attached hydrogens (primary N) is 3. The third kappa shape index (κ3) is 5.60. The molecule has 0 radical (unpaired) electrons. The fraction of sp³-hybridized carbons (Fsp3) is 0.429. The molecule has 0 spiro atoms. The van der Waals surface area contributed by atoms with Gasteiger partial charge >= 0.3 is 0 Å². The van der Waals surface area contributed by atoms with Crippen molar-refractivity contribution in [1.82, 2.24) is 0 Å². The van der Waals surface area contributed by atoms with E-state index in [1.807, 2.05) is 12.1 Å². The highest BCUT2D eigenvalue weighted by Gasteiger charge is 1.84. The van der Waals surface area contributed by atoms with Gasteiger partial charge in [0.2, 0.25) is 0 Å². The van der Waals surface area contributed by atoms with Gasteiger partial charge in [-0.3, -0.25) is 0 Å². The molecule has 0 aliphatic heterocycles. The molecular weight excluding hydrogens is 142 g/mol. The van der Waals surface area contributed by atoms with E-state index in [0.29, 0.717) is 19.6 Å². The summed E-state index contributed by atoms with van der Waals surface area (Å²) >= 11 is 0. The minimum Gasteiger partial charge on any atom is -0.468 e. The fourth-order valence-electron chi connectivity index (χ4n) is 0.429. The number of hydrogen-bond acceptors (Lipinski definition) is 4. The molecule has 1 aromatic heterocycles. The molecule has 4 nitrogen and oxygen atoms in total. The van der Waals surface area contributed by atoms with Crippen molar-refractivity contribution in [2.45, 2.75) is 6.54 Å². The van der Waals surface area contributed by atoms with Crippen LogP contribution in [0.2, 0.25) is 0 Å². The third-order valence-corrected chi connectivity index (χ3v) is 0.948. The lowest BCUT2D eigenvalue weighted by atomic mass is 10.5. The first-order chi connectivity index (χ1) is 5.35. The average Bonchev–Trinajstić information content (AvgIpc) is 2.56. The second kappa shape index (κ2) is 7.27. The van der Waals surface area contributed by atoms with E-state index in [1.165, 1.54) is 0 Å². The minimum atomic E-state index is 0.493. The first-order valence-corrected chi connectivity index (χ1v) is 3.47. The Hall–Kier alpha value is -0.840. The molecule has 0 bridgehead atoms. The molecule has 0 fully saturated rings. The molecule has 0 unspecified atom stereocenters. The summed E-state index contributed by atoms with van der Waals surface area (Å²) in [6, 6.07) is 3.67. The van der Waals surface area contributed by atoms with Crippen molar-refractivity contribution in [3.8, 4) is 0 Å². The van der Waals surface area contributed by atoms with Gasteiger partial charge in [-0.15, -0.1) is 0 Å². The molecule has 0 aliphatic carbocycles. The van der Waals surface area contributed by atoms with Gasteiger partial charge in [-0.25, -0.2) is 0 Å².